The second-order valence-electron chi connectivity index (χ2n) is 5.26. The molecule has 0 bridgehead atoms. The van der Waals surface area contributed by atoms with Gasteiger partial charge in [0.25, 0.3) is 0 Å². The third-order valence-electron chi connectivity index (χ3n) is 4.00. The highest BCUT2D eigenvalue weighted by Crippen LogP contribution is 2.32. The molecule has 0 spiro atoms. The predicted octanol–water partition coefficient (Wildman–Crippen LogP) is 2.95. The molecule has 0 atom stereocenters. The van der Waals surface area contributed by atoms with Crippen LogP contribution in [0.15, 0.2) is 30.5 Å². The van der Waals surface area contributed by atoms with Gasteiger partial charge in [-0.25, -0.2) is 4.57 Å². The van der Waals surface area contributed by atoms with E-state index >= 15 is 0 Å². The van der Waals surface area contributed by atoms with Gasteiger partial charge in [-0.15, -0.1) is 0 Å². The van der Waals surface area contributed by atoms with E-state index in [0.717, 1.165) is 28.5 Å². The van der Waals surface area contributed by atoms with Crippen LogP contribution in [0.3, 0.4) is 0 Å². The number of rotatable bonds is 1. The van der Waals surface area contributed by atoms with Crippen molar-refractivity contribution in [3.05, 3.63) is 47.3 Å². The molecule has 0 amide bonds. The molecule has 0 fully saturated rings. The van der Waals surface area contributed by atoms with Gasteiger partial charge < -0.3 is 4.74 Å². The van der Waals surface area contributed by atoms with Crippen LogP contribution in [0.25, 0.3) is 17.0 Å². The summed E-state index contributed by atoms with van der Waals surface area (Å²) in [4.78, 5) is 4.80. The van der Waals surface area contributed by atoms with Gasteiger partial charge in [0.15, 0.2) is 11.0 Å². The maximum Gasteiger partial charge on any atom is 0.415 e. The van der Waals surface area contributed by atoms with E-state index in [4.69, 9.17) is 9.72 Å². The molecule has 3 heterocycles. The smallest absolute Gasteiger partial charge is 0.415 e. The van der Waals surface area contributed by atoms with E-state index in [0.29, 0.717) is 0 Å². The average Bonchev–Trinajstić information content (AvgIpc) is 2.87. The van der Waals surface area contributed by atoms with E-state index in [1.807, 2.05) is 6.07 Å². The van der Waals surface area contributed by atoms with Crippen LogP contribution in [0.5, 0.6) is 5.75 Å². The van der Waals surface area contributed by atoms with Gasteiger partial charge in [-0.1, -0.05) is 17.1 Å². The van der Waals surface area contributed by atoms with Gasteiger partial charge in [-0.05, 0) is 26.0 Å². The molecule has 1 aliphatic rings. The second-order valence-corrected chi connectivity index (χ2v) is 6.17. The van der Waals surface area contributed by atoms with Gasteiger partial charge in [-0.2, -0.15) is 3.97 Å². The third kappa shape index (κ3) is 1.70. The zero-order valence-electron chi connectivity index (χ0n) is 12.3. The van der Waals surface area contributed by atoms with Crippen molar-refractivity contribution in [2.24, 2.45) is 0 Å². The van der Waals surface area contributed by atoms with E-state index in [1.165, 1.54) is 16.8 Å². The molecule has 1 aromatic carbocycles. The summed E-state index contributed by atoms with van der Waals surface area (Å²) in [6.45, 7) is 4.20. The van der Waals surface area contributed by atoms with Crippen LogP contribution in [0.4, 0.5) is 0 Å². The monoisotopic (exact) mass is 298 g/mol. The van der Waals surface area contributed by atoms with E-state index < -0.39 is 0 Å². The van der Waals surface area contributed by atoms with Crippen molar-refractivity contribution >= 4 is 23.0 Å². The SMILES string of the molecule is COc1c(C)c[n+]2c(c1C)CSn1c-2nc2ccccc21. The highest BCUT2D eigenvalue weighted by atomic mass is 32.2. The minimum Gasteiger partial charge on any atom is -0.496 e. The summed E-state index contributed by atoms with van der Waals surface area (Å²) in [5, 5.41) is 0. The highest BCUT2D eigenvalue weighted by Gasteiger charge is 2.31. The van der Waals surface area contributed by atoms with Crippen molar-refractivity contribution < 1.29 is 9.30 Å². The third-order valence-corrected chi connectivity index (χ3v) is 5.02. The van der Waals surface area contributed by atoms with Gasteiger partial charge in [0.1, 0.15) is 11.4 Å². The van der Waals surface area contributed by atoms with Gasteiger partial charge in [0, 0.05) is 23.1 Å². The molecule has 5 heteroatoms. The summed E-state index contributed by atoms with van der Waals surface area (Å²) in [6, 6.07) is 8.27. The number of aryl methyl sites for hydroxylation is 1. The molecule has 0 saturated heterocycles. The lowest BCUT2D eigenvalue weighted by Gasteiger charge is -2.18. The number of hydrogen-bond donors (Lipinski definition) is 0. The molecule has 0 radical (unpaired) electrons. The van der Waals surface area contributed by atoms with Crippen molar-refractivity contribution in [1.29, 1.82) is 0 Å². The molecular formula is C16H16N3OS+. The molecule has 0 aliphatic carbocycles. The lowest BCUT2D eigenvalue weighted by molar-refractivity contribution is -0.613. The Morgan fingerprint density at radius 3 is 2.90 bits per heavy atom. The Morgan fingerprint density at radius 2 is 2.10 bits per heavy atom. The predicted molar refractivity (Wildman–Crippen MR) is 84.0 cm³/mol. The first-order valence-electron chi connectivity index (χ1n) is 6.90. The number of pyridine rings is 1. The van der Waals surface area contributed by atoms with Crippen molar-refractivity contribution in [2.45, 2.75) is 19.6 Å². The Bertz CT molecular complexity index is 870. The Balaban J connectivity index is 2.05. The Morgan fingerprint density at radius 1 is 1.29 bits per heavy atom. The molecule has 3 aromatic rings. The number of nitrogens with zero attached hydrogens (tertiary/aromatic N) is 3. The Labute approximate surface area is 127 Å². The number of imidazole rings is 1. The van der Waals surface area contributed by atoms with Crippen LogP contribution >= 0.6 is 11.9 Å². The Hall–Kier alpha value is -2.01. The summed E-state index contributed by atoms with van der Waals surface area (Å²) in [5.74, 6) is 2.86. The number of benzene rings is 1. The first-order chi connectivity index (χ1) is 10.2. The van der Waals surface area contributed by atoms with Gasteiger partial charge >= 0.3 is 5.95 Å². The molecule has 21 heavy (non-hydrogen) atoms. The van der Waals surface area contributed by atoms with E-state index in [1.54, 1.807) is 19.1 Å². The number of para-hydroxylation sites is 2. The van der Waals surface area contributed by atoms with E-state index in [2.05, 4.69) is 46.8 Å². The van der Waals surface area contributed by atoms with Crippen LogP contribution in [-0.2, 0) is 5.75 Å². The molecular weight excluding hydrogens is 282 g/mol. The fraction of sp³-hybridized carbons (Fsp3) is 0.250. The maximum atomic E-state index is 5.54. The molecule has 4 rings (SSSR count). The highest BCUT2D eigenvalue weighted by molar-refractivity contribution is 7.97. The number of methoxy groups -OCH3 is 1. The fourth-order valence-corrected chi connectivity index (χ4v) is 4.15. The molecule has 2 aromatic heterocycles. The standard InChI is InChI=1S/C16H16N3OS/c1-10-8-18-14(11(2)15(10)20-3)9-21-19-13-7-5-4-6-12(13)17-16(18)19/h4-8H,9H2,1-3H3/q+1. The molecule has 0 saturated carbocycles. The van der Waals surface area contributed by atoms with Crippen LogP contribution in [-0.4, -0.2) is 16.1 Å². The quantitative estimate of drug-likeness (QED) is 0.647. The number of ether oxygens (including phenoxy) is 1. The normalized spacial score (nSPS) is 13.1. The minimum absolute atomic E-state index is 0.913. The molecule has 4 nitrogen and oxygen atoms in total. The van der Waals surface area contributed by atoms with E-state index in [9.17, 15) is 0 Å². The van der Waals surface area contributed by atoms with Crippen molar-refractivity contribution in [3.63, 3.8) is 0 Å². The average molecular weight is 298 g/mol. The molecule has 106 valence electrons. The van der Waals surface area contributed by atoms with Crippen LogP contribution in [0.2, 0.25) is 0 Å². The fourth-order valence-electron chi connectivity index (χ4n) is 3.00. The van der Waals surface area contributed by atoms with Crippen molar-refractivity contribution in [3.8, 4) is 11.7 Å². The largest absolute Gasteiger partial charge is 0.496 e. The van der Waals surface area contributed by atoms with E-state index in [-0.39, 0.29) is 0 Å². The first-order valence-corrected chi connectivity index (χ1v) is 7.85. The summed E-state index contributed by atoms with van der Waals surface area (Å²) < 4.78 is 9.95. The topological polar surface area (TPSA) is 30.9 Å². The summed E-state index contributed by atoms with van der Waals surface area (Å²) >= 11 is 1.78. The number of aromatic nitrogens is 3. The molecule has 0 unspecified atom stereocenters. The maximum absolute atomic E-state index is 5.54. The zero-order valence-corrected chi connectivity index (χ0v) is 13.1. The van der Waals surface area contributed by atoms with Crippen LogP contribution in [0.1, 0.15) is 16.8 Å². The zero-order chi connectivity index (χ0) is 14.6. The summed E-state index contributed by atoms with van der Waals surface area (Å²) in [7, 11) is 1.73. The van der Waals surface area contributed by atoms with Gasteiger partial charge in [0.05, 0.1) is 19.1 Å². The minimum atomic E-state index is 0.913. The van der Waals surface area contributed by atoms with Crippen LogP contribution in [0, 0.1) is 13.8 Å². The summed E-state index contributed by atoms with van der Waals surface area (Å²) in [5.41, 5.74) is 5.78. The lowest BCUT2D eigenvalue weighted by Crippen LogP contribution is -2.42. The number of fused-ring (bicyclic) bond motifs is 5. The van der Waals surface area contributed by atoms with Crippen LogP contribution < -0.4 is 9.30 Å². The summed E-state index contributed by atoms with van der Waals surface area (Å²) in [6.07, 6.45) is 2.12. The lowest BCUT2D eigenvalue weighted by atomic mass is 10.1. The molecule has 1 aliphatic heterocycles. The molecule has 0 N–H and O–H groups in total. The van der Waals surface area contributed by atoms with Gasteiger partial charge in [-0.3, -0.25) is 0 Å². The van der Waals surface area contributed by atoms with Crippen molar-refractivity contribution in [1.82, 2.24) is 8.96 Å². The number of hydrogen-bond acceptors (Lipinski definition) is 3. The first kappa shape index (κ1) is 12.7. The Kier molecular flexibility index (Phi) is 2.72. The van der Waals surface area contributed by atoms with Gasteiger partial charge in [0.2, 0.25) is 0 Å². The second kappa shape index (κ2) is 4.49. The van der Waals surface area contributed by atoms with Crippen molar-refractivity contribution in [2.75, 3.05) is 7.11 Å².